The first-order valence-corrected chi connectivity index (χ1v) is 22.9. The van der Waals surface area contributed by atoms with Crippen molar-refractivity contribution in [1.29, 1.82) is 10.8 Å². The molecule has 3 aromatic rings. The molecule has 0 fully saturated rings. The molecule has 0 spiro atoms. The molecule has 26 heteroatoms. The zero-order chi connectivity index (χ0) is 44.6. The van der Waals surface area contributed by atoms with Crippen LogP contribution in [-0.4, -0.2) is 100 Å². The standard InChI is InChI=1S/C34H46Br2N14O8S2/c35-19-13-21(47-27(51)5-1-3-9-43-33(39)40)29(59(55,56)11-7-37)23(15-19)49-31(53)25-17-26(46-18-45-25)32(54)50-24-16-20(36)14-22(30(24)60(57,58)12-8-38)48-28(52)6-2-4-10-44-34(41)42/h13-18H,1-12,37-38H2,(H,47,51)(H,48,52)(H,49,53)(H,50,54)(H4,39,40,43)(H4,41,42,44). The first-order chi connectivity index (χ1) is 28.3. The van der Waals surface area contributed by atoms with Crippen LogP contribution >= 0.6 is 31.9 Å². The van der Waals surface area contributed by atoms with Gasteiger partial charge in [-0.15, -0.1) is 0 Å². The number of carbonyl (C=O) groups is 4. The van der Waals surface area contributed by atoms with Crippen LogP contribution in [0.15, 0.2) is 55.4 Å². The molecule has 0 aliphatic heterocycles. The van der Waals surface area contributed by atoms with Crippen LogP contribution in [0.5, 0.6) is 0 Å². The number of rotatable bonds is 22. The van der Waals surface area contributed by atoms with Gasteiger partial charge in [-0.2, -0.15) is 0 Å². The van der Waals surface area contributed by atoms with Gasteiger partial charge < -0.3 is 54.8 Å². The molecule has 0 saturated carbocycles. The predicted octanol–water partition coefficient (Wildman–Crippen LogP) is 1.15. The zero-order valence-electron chi connectivity index (χ0n) is 32.0. The molecular weight excluding hydrogens is 956 g/mol. The van der Waals surface area contributed by atoms with Crippen LogP contribution in [0.3, 0.4) is 0 Å². The average Bonchev–Trinajstić information content (AvgIpc) is 3.13. The van der Waals surface area contributed by atoms with E-state index in [0.29, 0.717) is 38.8 Å². The van der Waals surface area contributed by atoms with Gasteiger partial charge in [0.15, 0.2) is 31.6 Å². The third-order valence-corrected chi connectivity index (χ3v) is 12.6. The molecule has 3 rings (SSSR count). The number of carbonyl (C=O) groups excluding carboxylic acids is 4. The van der Waals surface area contributed by atoms with Gasteiger partial charge in [-0.1, -0.05) is 31.9 Å². The summed E-state index contributed by atoms with van der Waals surface area (Å²) in [5.41, 5.74) is 20.1. The highest BCUT2D eigenvalue weighted by molar-refractivity contribution is 9.10. The Balaban J connectivity index is 1.92. The van der Waals surface area contributed by atoms with E-state index in [0.717, 1.165) is 12.4 Å². The van der Waals surface area contributed by atoms with Crippen molar-refractivity contribution in [1.82, 2.24) is 20.6 Å². The Morgan fingerprint density at radius 2 is 0.933 bits per heavy atom. The van der Waals surface area contributed by atoms with Crippen LogP contribution in [0.1, 0.15) is 59.5 Å². The quantitative estimate of drug-likeness (QED) is 0.0382. The van der Waals surface area contributed by atoms with E-state index in [4.69, 9.17) is 33.8 Å². The zero-order valence-corrected chi connectivity index (χ0v) is 36.8. The van der Waals surface area contributed by atoms with Crippen LogP contribution in [0, 0.1) is 10.8 Å². The number of hydrogen-bond acceptors (Lipinski definition) is 14. The van der Waals surface area contributed by atoms with Gasteiger partial charge in [-0.25, -0.2) is 26.8 Å². The van der Waals surface area contributed by atoms with Gasteiger partial charge in [0.05, 0.1) is 34.3 Å². The summed E-state index contributed by atoms with van der Waals surface area (Å²) in [7, 11) is -8.44. The molecule has 0 radical (unpaired) electrons. The number of hydrogen-bond donors (Lipinski definition) is 12. The number of nitrogens with zero attached hydrogens (tertiary/aromatic N) is 2. The number of benzene rings is 2. The monoisotopic (exact) mass is 1000 g/mol. The number of halogens is 2. The Morgan fingerprint density at radius 3 is 1.27 bits per heavy atom. The Morgan fingerprint density at radius 1 is 0.583 bits per heavy atom. The van der Waals surface area contributed by atoms with Gasteiger partial charge in [-0.3, -0.25) is 30.0 Å². The lowest BCUT2D eigenvalue weighted by Gasteiger charge is -2.18. The molecule has 0 aliphatic rings. The summed E-state index contributed by atoms with van der Waals surface area (Å²) in [5, 5.41) is 29.8. The SMILES string of the molecule is N=C(N)NCCCCC(=O)Nc1cc(Br)cc(NC(=O)c2cc(C(=O)Nc3cc(Br)cc(NC(=O)CCCCNC(=N)N)c3S(=O)(=O)CCN)ncn2)c1S(=O)(=O)CCN. The third-order valence-electron chi connectivity index (χ3n) is 7.97. The van der Waals surface area contributed by atoms with E-state index in [-0.39, 0.29) is 69.5 Å². The minimum absolute atomic E-state index is 0.00556. The molecule has 326 valence electrons. The second-order valence-corrected chi connectivity index (χ2v) is 18.7. The summed E-state index contributed by atoms with van der Waals surface area (Å²) in [6.07, 6.45) is 2.62. The molecule has 0 aliphatic carbocycles. The minimum atomic E-state index is -4.22. The summed E-state index contributed by atoms with van der Waals surface area (Å²) in [5.74, 6) is -4.55. The summed E-state index contributed by atoms with van der Waals surface area (Å²) >= 11 is 6.56. The van der Waals surface area contributed by atoms with Gasteiger partial charge in [-0.05, 0) is 49.9 Å². The second-order valence-electron chi connectivity index (χ2n) is 12.8. The second kappa shape index (κ2) is 22.9. The molecule has 60 heavy (non-hydrogen) atoms. The first kappa shape index (κ1) is 49.1. The summed E-state index contributed by atoms with van der Waals surface area (Å²) in [4.78, 5) is 60.0. The summed E-state index contributed by atoms with van der Waals surface area (Å²) in [6.45, 7) is 0.139. The fraction of sp³-hybridized carbons (Fsp3) is 0.353. The predicted molar refractivity (Wildman–Crippen MR) is 233 cm³/mol. The van der Waals surface area contributed by atoms with Crippen LogP contribution in [0.2, 0.25) is 0 Å². The van der Waals surface area contributed by atoms with Crippen molar-refractivity contribution in [3.8, 4) is 0 Å². The molecule has 1 heterocycles. The van der Waals surface area contributed by atoms with Crippen molar-refractivity contribution < 1.29 is 36.0 Å². The van der Waals surface area contributed by atoms with Gasteiger partial charge in [0, 0.05) is 54.0 Å². The molecule has 0 bridgehead atoms. The lowest BCUT2D eigenvalue weighted by Crippen LogP contribution is -2.31. The molecule has 0 atom stereocenters. The van der Waals surface area contributed by atoms with Crippen molar-refractivity contribution in [2.24, 2.45) is 22.9 Å². The minimum Gasteiger partial charge on any atom is -0.370 e. The van der Waals surface area contributed by atoms with Crippen molar-refractivity contribution >= 4 is 110 Å². The Hall–Kier alpha value is -5.28. The Bertz CT molecular complexity index is 2180. The molecule has 2 aromatic carbocycles. The molecule has 4 amide bonds. The number of amides is 4. The molecule has 22 nitrogen and oxygen atoms in total. The number of nitrogens with two attached hydrogens (primary N) is 4. The van der Waals surface area contributed by atoms with Crippen molar-refractivity contribution in [2.75, 3.05) is 59.0 Å². The number of sulfone groups is 2. The Labute approximate surface area is 362 Å². The van der Waals surface area contributed by atoms with Crippen LogP contribution in [-0.2, 0) is 29.3 Å². The van der Waals surface area contributed by atoms with Crippen LogP contribution in [0.4, 0.5) is 22.7 Å². The maximum absolute atomic E-state index is 13.6. The van der Waals surface area contributed by atoms with Gasteiger partial charge in [0.1, 0.15) is 27.5 Å². The molecular formula is C34H46Br2N14O8S2. The van der Waals surface area contributed by atoms with E-state index in [1.165, 1.54) is 24.3 Å². The Kier molecular flexibility index (Phi) is 18.7. The van der Waals surface area contributed by atoms with E-state index in [1.807, 2.05) is 0 Å². The fourth-order valence-corrected chi connectivity index (χ4v) is 9.14. The fourth-order valence-electron chi connectivity index (χ4n) is 5.41. The first-order valence-electron chi connectivity index (χ1n) is 18.0. The number of anilines is 4. The van der Waals surface area contributed by atoms with E-state index in [9.17, 15) is 36.0 Å². The van der Waals surface area contributed by atoms with E-state index in [2.05, 4.69) is 73.7 Å². The van der Waals surface area contributed by atoms with Gasteiger partial charge in [0.25, 0.3) is 11.8 Å². The van der Waals surface area contributed by atoms with E-state index >= 15 is 0 Å². The summed E-state index contributed by atoms with van der Waals surface area (Å²) < 4.78 is 54.5. The highest BCUT2D eigenvalue weighted by Gasteiger charge is 2.28. The maximum atomic E-state index is 13.6. The van der Waals surface area contributed by atoms with Crippen molar-refractivity contribution in [2.45, 2.75) is 48.3 Å². The number of aromatic nitrogens is 2. The summed E-state index contributed by atoms with van der Waals surface area (Å²) in [6, 6.07) is 6.25. The van der Waals surface area contributed by atoms with Gasteiger partial charge in [0.2, 0.25) is 11.8 Å². The topological polar surface area (TPSA) is 386 Å². The molecule has 0 unspecified atom stereocenters. The van der Waals surface area contributed by atoms with E-state index in [1.54, 1.807) is 0 Å². The van der Waals surface area contributed by atoms with Crippen LogP contribution < -0.4 is 54.8 Å². The lowest BCUT2D eigenvalue weighted by molar-refractivity contribution is -0.117. The number of unbranched alkanes of at least 4 members (excludes halogenated alkanes) is 2. The van der Waals surface area contributed by atoms with Crippen LogP contribution in [0.25, 0.3) is 0 Å². The molecule has 16 N–H and O–H groups in total. The van der Waals surface area contributed by atoms with E-state index < -0.39 is 76.0 Å². The molecule has 0 saturated heterocycles. The van der Waals surface area contributed by atoms with Crippen molar-refractivity contribution in [3.63, 3.8) is 0 Å². The lowest BCUT2D eigenvalue weighted by atomic mass is 10.2. The average molecular weight is 1000 g/mol. The highest BCUT2D eigenvalue weighted by atomic mass is 79.9. The van der Waals surface area contributed by atoms with Gasteiger partial charge >= 0.3 is 0 Å². The largest absolute Gasteiger partial charge is 0.370 e. The maximum Gasteiger partial charge on any atom is 0.274 e. The highest BCUT2D eigenvalue weighted by Crippen LogP contribution is 2.36. The number of nitrogens with one attached hydrogen (secondary N) is 8. The number of guanidine groups is 2. The normalized spacial score (nSPS) is 11.3. The smallest absolute Gasteiger partial charge is 0.274 e. The van der Waals surface area contributed by atoms with Crippen molar-refractivity contribution in [3.05, 3.63) is 57.0 Å². The molecule has 1 aromatic heterocycles. The third kappa shape index (κ3) is 15.1.